The number of carbonyl (C=O) groups excluding carboxylic acids is 1. The number of carbonyl (C=O) groups is 1. The van der Waals surface area contributed by atoms with Crippen LogP contribution in [0.3, 0.4) is 0 Å². The molecule has 1 aliphatic heterocycles. The Morgan fingerprint density at radius 3 is 2.65 bits per heavy atom. The number of hydrogen-bond donors (Lipinski definition) is 2. The highest BCUT2D eigenvalue weighted by Crippen LogP contribution is 2.00. The van der Waals surface area contributed by atoms with E-state index in [0.29, 0.717) is 0 Å². The topological polar surface area (TPSA) is 67.6 Å². The van der Waals surface area contributed by atoms with Gasteiger partial charge in [-0.15, -0.1) is 0 Å². The second-order valence-electron chi connectivity index (χ2n) is 4.75. The molecule has 100 valence electrons. The van der Waals surface area contributed by atoms with Crippen LogP contribution >= 0.6 is 0 Å². The Morgan fingerprint density at radius 1 is 1.41 bits per heavy atom. The molecule has 0 aromatic rings. The van der Waals surface area contributed by atoms with E-state index >= 15 is 0 Å². The van der Waals surface area contributed by atoms with Gasteiger partial charge in [0.2, 0.25) is 5.91 Å². The van der Waals surface area contributed by atoms with Gasteiger partial charge in [-0.2, -0.15) is 0 Å². The molecule has 17 heavy (non-hydrogen) atoms. The number of hydrogen-bond acceptors (Lipinski definition) is 4. The molecule has 2 atom stereocenters. The molecule has 3 N–H and O–H groups in total. The van der Waals surface area contributed by atoms with Crippen molar-refractivity contribution in [2.45, 2.75) is 26.3 Å². The molecule has 0 aromatic carbocycles. The van der Waals surface area contributed by atoms with Crippen molar-refractivity contribution in [2.75, 3.05) is 39.4 Å². The van der Waals surface area contributed by atoms with Gasteiger partial charge in [-0.25, -0.2) is 0 Å². The summed E-state index contributed by atoms with van der Waals surface area (Å²) in [4.78, 5) is 14.0. The van der Waals surface area contributed by atoms with Crippen LogP contribution in [0.5, 0.6) is 0 Å². The van der Waals surface area contributed by atoms with Gasteiger partial charge in [0.05, 0.1) is 13.2 Å². The van der Waals surface area contributed by atoms with Crippen LogP contribution in [0.15, 0.2) is 0 Å². The maximum atomic E-state index is 11.6. The fourth-order valence-electron chi connectivity index (χ4n) is 1.74. The fraction of sp³-hybridized carbons (Fsp3) is 0.917. The first-order chi connectivity index (χ1) is 8.11. The van der Waals surface area contributed by atoms with Gasteiger partial charge < -0.3 is 15.8 Å². The zero-order valence-corrected chi connectivity index (χ0v) is 10.9. The highest BCUT2D eigenvalue weighted by molar-refractivity contribution is 5.78. The number of nitrogens with one attached hydrogen (secondary N) is 1. The first kappa shape index (κ1) is 14.4. The van der Waals surface area contributed by atoms with Crippen LogP contribution in [-0.4, -0.2) is 56.2 Å². The average molecular weight is 243 g/mol. The van der Waals surface area contributed by atoms with Crippen LogP contribution in [0.4, 0.5) is 0 Å². The summed E-state index contributed by atoms with van der Waals surface area (Å²) in [5.74, 6) is -0.0552. The van der Waals surface area contributed by atoms with E-state index in [1.54, 1.807) is 0 Å². The lowest BCUT2D eigenvalue weighted by atomic mass is 10.0. The Kier molecular flexibility index (Phi) is 6.47. The van der Waals surface area contributed by atoms with Crippen LogP contribution < -0.4 is 11.1 Å². The number of nitrogens with zero attached hydrogens (tertiary/aromatic N) is 1. The van der Waals surface area contributed by atoms with Crippen molar-refractivity contribution in [1.82, 2.24) is 10.2 Å². The summed E-state index contributed by atoms with van der Waals surface area (Å²) in [6.07, 6.45) is 0.984. The van der Waals surface area contributed by atoms with Crippen molar-refractivity contribution in [3.05, 3.63) is 0 Å². The van der Waals surface area contributed by atoms with E-state index in [1.807, 2.05) is 13.8 Å². The molecular weight excluding hydrogens is 218 g/mol. The summed E-state index contributed by atoms with van der Waals surface area (Å²) in [6.45, 7) is 9.14. The quantitative estimate of drug-likeness (QED) is 0.634. The lowest BCUT2D eigenvalue weighted by molar-refractivity contribution is -0.124. The Balaban J connectivity index is 2.05. The molecule has 0 saturated carbocycles. The highest BCUT2D eigenvalue weighted by atomic mass is 16.5. The summed E-state index contributed by atoms with van der Waals surface area (Å²) in [6, 6.07) is -0.0887. The minimum atomic E-state index is -0.113. The first-order valence-electron chi connectivity index (χ1n) is 6.44. The van der Waals surface area contributed by atoms with E-state index < -0.39 is 0 Å². The van der Waals surface area contributed by atoms with Crippen molar-refractivity contribution < 1.29 is 9.53 Å². The van der Waals surface area contributed by atoms with Crippen molar-refractivity contribution in [1.29, 1.82) is 0 Å². The third kappa shape index (κ3) is 5.48. The van der Waals surface area contributed by atoms with E-state index in [1.165, 1.54) is 0 Å². The Morgan fingerprint density at radius 2 is 2.06 bits per heavy atom. The lowest BCUT2D eigenvalue weighted by Gasteiger charge is -2.26. The predicted octanol–water partition coefficient (Wildman–Crippen LogP) is -0.192. The second kappa shape index (κ2) is 7.63. The second-order valence-corrected chi connectivity index (χ2v) is 4.75. The fourth-order valence-corrected chi connectivity index (χ4v) is 1.74. The van der Waals surface area contributed by atoms with Crippen molar-refractivity contribution >= 4 is 5.91 Å². The minimum absolute atomic E-state index is 0.0574. The summed E-state index contributed by atoms with van der Waals surface area (Å²) in [5.41, 5.74) is 5.68. The lowest BCUT2D eigenvalue weighted by Crippen LogP contribution is -2.41. The van der Waals surface area contributed by atoms with Gasteiger partial charge in [0.1, 0.15) is 0 Å². The van der Waals surface area contributed by atoms with Gasteiger partial charge in [-0.1, -0.05) is 6.92 Å². The number of morpholine rings is 1. The summed E-state index contributed by atoms with van der Waals surface area (Å²) in [5, 5.41) is 2.93. The van der Waals surface area contributed by atoms with Crippen LogP contribution in [0.25, 0.3) is 0 Å². The summed E-state index contributed by atoms with van der Waals surface area (Å²) >= 11 is 0. The number of amides is 1. The smallest absolute Gasteiger partial charge is 0.224 e. The molecule has 1 amide bonds. The third-order valence-corrected chi connectivity index (χ3v) is 3.26. The number of rotatable bonds is 6. The zero-order valence-electron chi connectivity index (χ0n) is 10.9. The number of ether oxygens (including phenoxy) is 1. The molecular formula is C12H25N3O2. The largest absolute Gasteiger partial charge is 0.379 e. The van der Waals surface area contributed by atoms with Crippen LogP contribution in [-0.2, 0) is 9.53 Å². The van der Waals surface area contributed by atoms with Crippen molar-refractivity contribution in [3.63, 3.8) is 0 Å². The van der Waals surface area contributed by atoms with Gasteiger partial charge in [-0.05, 0) is 19.9 Å². The molecule has 1 saturated heterocycles. The molecule has 0 aliphatic carbocycles. The zero-order chi connectivity index (χ0) is 12.7. The molecule has 0 aromatic heterocycles. The van der Waals surface area contributed by atoms with Crippen LogP contribution in [0.2, 0.25) is 0 Å². The Labute approximate surface area is 104 Å². The minimum Gasteiger partial charge on any atom is -0.379 e. The van der Waals surface area contributed by atoms with Gasteiger partial charge in [-0.3, -0.25) is 9.69 Å². The molecule has 1 fully saturated rings. The van der Waals surface area contributed by atoms with Crippen LogP contribution in [0, 0.1) is 5.92 Å². The van der Waals surface area contributed by atoms with Gasteiger partial charge >= 0.3 is 0 Å². The monoisotopic (exact) mass is 243 g/mol. The van der Waals surface area contributed by atoms with Crippen LogP contribution in [0.1, 0.15) is 20.3 Å². The SMILES string of the molecule is CC(N)C(C)C(=O)NCCCN1CCOCC1. The average Bonchev–Trinajstić information content (AvgIpc) is 2.34. The molecule has 0 bridgehead atoms. The van der Waals surface area contributed by atoms with Gasteiger partial charge in [0.25, 0.3) is 0 Å². The molecule has 5 heteroatoms. The van der Waals surface area contributed by atoms with E-state index in [2.05, 4.69) is 10.2 Å². The molecule has 1 rings (SSSR count). The third-order valence-electron chi connectivity index (χ3n) is 3.26. The van der Waals surface area contributed by atoms with E-state index in [9.17, 15) is 4.79 Å². The highest BCUT2D eigenvalue weighted by Gasteiger charge is 2.16. The summed E-state index contributed by atoms with van der Waals surface area (Å²) in [7, 11) is 0. The summed E-state index contributed by atoms with van der Waals surface area (Å²) < 4.78 is 5.28. The normalized spacial score (nSPS) is 20.9. The van der Waals surface area contributed by atoms with Crippen molar-refractivity contribution in [3.8, 4) is 0 Å². The van der Waals surface area contributed by atoms with Crippen molar-refractivity contribution in [2.24, 2.45) is 11.7 Å². The molecule has 0 spiro atoms. The first-order valence-corrected chi connectivity index (χ1v) is 6.44. The van der Waals surface area contributed by atoms with Gasteiger partial charge in [0, 0.05) is 31.6 Å². The molecule has 5 nitrogen and oxygen atoms in total. The maximum Gasteiger partial charge on any atom is 0.224 e. The van der Waals surface area contributed by atoms with E-state index in [4.69, 9.17) is 10.5 Å². The standard InChI is InChI=1S/C12H25N3O2/c1-10(11(2)13)12(16)14-4-3-5-15-6-8-17-9-7-15/h10-11H,3-9,13H2,1-2H3,(H,14,16). The maximum absolute atomic E-state index is 11.6. The molecule has 1 heterocycles. The molecule has 1 aliphatic rings. The molecule has 0 radical (unpaired) electrons. The van der Waals surface area contributed by atoms with E-state index in [0.717, 1.165) is 45.8 Å². The Bertz CT molecular complexity index is 228. The Hall–Kier alpha value is -0.650. The predicted molar refractivity (Wildman–Crippen MR) is 67.7 cm³/mol. The molecule has 2 unspecified atom stereocenters. The van der Waals surface area contributed by atoms with E-state index in [-0.39, 0.29) is 17.9 Å². The van der Waals surface area contributed by atoms with Gasteiger partial charge in [0.15, 0.2) is 0 Å². The number of nitrogens with two attached hydrogens (primary N) is 1.